The molecule has 0 atom stereocenters. The zero-order valence-electron chi connectivity index (χ0n) is 21.4. The third kappa shape index (κ3) is 4.71. The molecule has 0 amide bonds. The Morgan fingerprint density at radius 2 is 2.00 bits per heavy atom. The Kier molecular flexibility index (Phi) is 6.37. The monoisotopic (exact) mass is 522 g/mol. The molecule has 0 radical (unpaired) electrons. The normalized spacial score (nSPS) is 15.7. The first-order chi connectivity index (χ1) is 18.0. The molecule has 1 N–H and O–H groups in total. The number of methoxy groups -OCH3 is 2. The molecule has 1 aliphatic carbocycles. The molecule has 4 heterocycles. The Balaban J connectivity index is 1.17. The Bertz CT molecular complexity index is 1440. The van der Waals surface area contributed by atoms with Crippen LogP contribution in [0.15, 0.2) is 24.4 Å². The van der Waals surface area contributed by atoms with Crippen LogP contribution >= 0.6 is 11.6 Å². The fourth-order valence-corrected chi connectivity index (χ4v) is 5.10. The van der Waals surface area contributed by atoms with Crippen molar-refractivity contribution in [2.75, 3.05) is 32.6 Å². The van der Waals surface area contributed by atoms with Crippen LogP contribution in [0.2, 0.25) is 5.15 Å². The predicted octanol–water partition coefficient (Wildman–Crippen LogP) is 3.85. The van der Waals surface area contributed by atoms with Gasteiger partial charge in [-0.2, -0.15) is 4.52 Å². The van der Waals surface area contributed by atoms with Gasteiger partial charge in [0.2, 0.25) is 5.95 Å². The standard InChI is InChI=1S/C26H31ClN8O2/c1-16-23(27)31-26(29-13-18-6-7-20(36-2)12-21(18)37-3)35-24(16)30-22(32-35)8-9-33-10-11-34-19(15-33)14-28-25(34)17-4-5-17/h6-7,12,14,17H,4-5,8-11,13,15H2,1-3H3,(H,29,31). The minimum atomic E-state index is 0.409. The van der Waals surface area contributed by atoms with Crippen LogP contribution in [-0.4, -0.2) is 61.3 Å². The maximum Gasteiger partial charge on any atom is 0.227 e. The third-order valence-electron chi connectivity index (χ3n) is 7.22. The van der Waals surface area contributed by atoms with Crippen LogP contribution in [0, 0.1) is 6.92 Å². The first-order valence-corrected chi connectivity index (χ1v) is 13.0. The van der Waals surface area contributed by atoms with Gasteiger partial charge < -0.3 is 19.4 Å². The van der Waals surface area contributed by atoms with Gasteiger partial charge in [-0.05, 0) is 31.9 Å². The average molecular weight is 523 g/mol. The second-order valence-corrected chi connectivity index (χ2v) is 10.1. The van der Waals surface area contributed by atoms with E-state index in [4.69, 9.17) is 36.1 Å². The third-order valence-corrected chi connectivity index (χ3v) is 7.59. The van der Waals surface area contributed by atoms with E-state index in [1.54, 1.807) is 18.7 Å². The number of ether oxygens (including phenoxy) is 2. The largest absolute Gasteiger partial charge is 0.497 e. The maximum atomic E-state index is 6.47. The van der Waals surface area contributed by atoms with Crippen LogP contribution in [0.1, 0.15) is 47.2 Å². The van der Waals surface area contributed by atoms with E-state index in [2.05, 4.69) is 26.0 Å². The smallest absolute Gasteiger partial charge is 0.227 e. The van der Waals surface area contributed by atoms with Gasteiger partial charge in [0.15, 0.2) is 11.5 Å². The van der Waals surface area contributed by atoms with Crippen molar-refractivity contribution in [3.63, 3.8) is 0 Å². The number of nitrogens with zero attached hydrogens (tertiary/aromatic N) is 7. The van der Waals surface area contributed by atoms with E-state index in [1.165, 1.54) is 24.4 Å². The Hall–Kier alpha value is -3.37. The van der Waals surface area contributed by atoms with Gasteiger partial charge >= 0.3 is 0 Å². The topological polar surface area (TPSA) is 94.6 Å². The zero-order chi connectivity index (χ0) is 25.5. The summed E-state index contributed by atoms with van der Waals surface area (Å²) in [6.45, 7) is 6.21. The quantitative estimate of drug-likeness (QED) is 0.331. The highest BCUT2D eigenvalue weighted by atomic mass is 35.5. The fourth-order valence-electron chi connectivity index (χ4n) is 4.93. The van der Waals surface area contributed by atoms with Gasteiger partial charge in [-0.1, -0.05) is 11.6 Å². The predicted molar refractivity (Wildman–Crippen MR) is 141 cm³/mol. The van der Waals surface area contributed by atoms with Crippen molar-refractivity contribution in [2.24, 2.45) is 0 Å². The first-order valence-electron chi connectivity index (χ1n) is 12.7. The second-order valence-electron chi connectivity index (χ2n) is 9.71. The maximum absolute atomic E-state index is 6.47. The van der Waals surface area contributed by atoms with Gasteiger partial charge in [-0.25, -0.2) is 15.0 Å². The molecule has 194 valence electrons. The molecule has 10 nitrogen and oxygen atoms in total. The molecule has 0 unspecified atom stereocenters. The molecule has 0 saturated heterocycles. The van der Waals surface area contributed by atoms with E-state index in [9.17, 15) is 0 Å². The van der Waals surface area contributed by atoms with Gasteiger partial charge in [-0.3, -0.25) is 4.90 Å². The SMILES string of the molecule is COc1ccc(CNc2nc(Cl)c(C)c3nc(CCN4CCn5c(cnc5C5CC5)C4)nn23)c(OC)c1. The van der Waals surface area contributed by atoms with Gasteiger partial charge in [-0.15, -0.1) is 5.10 Å². The lowest BCUT2D eigenvalue weighted by Gasteiger charge is -2.28. The number of nitrogens with one attached hydrogen (secondary N) is 1. The van der Waals surface area contributed by atoms with Crippen LogP contribution in [0.3, 0.4) is 0 Å². The number of aryl methyl sites for hydroxylation is 1. The number of rotatable bonds is 9. The Morgan fingerprint density at radius 1 is 1.14 bits per heavy atom. The van der Waals surface area contributed by atoms with E-state index in [0.29, 0.717) is 29.2 Å². The Morgan fingerprint density at radius 3 is 2.78 bits per heavy atom. The number of hydrogen-bond acceptors (Lipinski definition) is 8. The summed E-state index contributed by atoms with van der Waals surface area (Å²) in [5.41, 5.74) is 3.79. The number of halogens is 1. The van der Waals surface area contributed by atoms with Gasteiger partial charge in [0.1, 0.15) is 22.5 Å². The van der Waals surface area contributed by atoms with Gasteiger partial charge in [0, 0.05) is 68.5 Å². The first kappa shape index (κ1) is 24.0. The molecule has 1 aromatic carbocycles. The summed E-state index contributed by atoms with van der Waals surface area (Å²) < 4.78 is 15.0. The van der Waals surface area contributed by atoms with Crippen molar-refractivity contribution in [2.45, 2.75) is 51.7 Å². The molecule has 11 heteroatoms. The van der Waals surface area contributed by atoms with Crippen LogP contribution in [-0.2, 0) is 26.1 Å². The summed E-state index contributed by atoms with van der Waals surface area (Å²) in [6, 6.07) is 5.72. The lowest BCUT2D eigenvalue weighted by Crippen LogP contribution is -2.35. The summed E-state index contributed by atoms with van der Waals surface area (Å²) in [5, 5.41) is 8.55. The summed E-state index contributed by atoms with van der Waals surface area (Å²) >= 11 is 6.47. The lowest BCUT2D eigenvalue weighted by molar-refractivity contribution is 0.220. The van der Waals surface area contributed by atoms with Crippen molar-refractivity contribution >= 4 is 23.2 Å². The van der Waals surface area contributed by atoms with Crippen molar-refractivity contribution in [1.82, 2.24) is 34.0 Å². The number of hydrogen-bond donors (Lipinski definition) is 1. The summed E-state index contributed by atoms with van der Waals surface area (Å²) in [5.74, 6) is 4.74. The molecular formula is C26H31ClN8O2. The highest BCUT2D eigenvalue weighted by Crippen LogP contribution is 2.40. The molecule has 2 aliphatic rings. The molecule has 6 rings (SSSR count). The molecule has 4 aromatic rings. The minimum absolute atomic E-state index is 0.409. The zero-order valence-corrected chi connectivity index (χ0v) is 22.1. The van der Waals surface area contributed by atoms with E-state index in [1.807, 2.05) is 25.1 Å². The number of anilines is 1. The number of imidazole rings is 1. The number of fused-ring (bicyclic) bond motifs is 2. The van der Waals surface area contributed by atoms with Crippen molar-refractivity contribution < 1.29 is 9.47 Å². The summed E-state index contributed by atoms with van der Waals surface area (Å²) in [6.07, 6.45) is 5.36. The minimum Gasteiger partial charge on any atom is -0.497 e. The molecule has 1 aliphatic heterocycles. The number of benzene rings is 1. The molecule has 1 saturated carbocycles. The van der Waals surface area contributed by atoms with Crippen molar-refractivity contribution in [1.29, 1.82) is 0 Å². The van der Waals surface area contributed by atoms with Crippen LogP contribution < -0.4 is 14.8 Å². The molecule has 3 aromatic heterocycles. The van der Waals surface area contributed by atoms with Gasteiger partial charge in [0.25, 0.3) is 0 Å². The summed E-state index contributed by atoms with van der Waals surface area (Å²) in [4.78, 5) is 16.5. The molecule has 1 fully saturated rings. The van der Waals surface area contributed by atoms with E-state index < -0.39 is 0 Å². The van der Waals surface area contributed by atoms with Crippen LogP contribution in [0.25, 0.3) is 5.65 Å². The lowest BCUT2D eigenvalue weighted by atomic mass is 10.2. The fraction of sp³-hybridized carbons (Fsp3) is 0.462. The van der Waals surface area contributed by atoms with Crippen LogP contribution in [0.5, 0.6) is 11.5 Å². The van der Waals surface area contributed by atoms with Crippen LogP contribution in [0.4, 0.5) is 5.95 Å². The van der Waals surface area contributed by atoms with E-state index in [-0.39, 0.29) is 0 Å². The van der Waals surface area contributed by atoms with Crippen molar-refractivity contribution in [3.8, 4) is 11.5 Å². The highest BCUT2D eigenvalue weighted by molar-refractivity contribution is 6.30. The average Bonchev–Trinajstić information content (AvgIpc) is 3.53. The Labute approximate surface area is 220 Å². The molecular weight excluding hydrogens is 492 g/mol. The number of aromatic nitrogens is 6. The molecule has 0 bridgehead atoms. The molecule has 0 spiro atoms. The van der Waals surface area contributed by atoms with E-state index >= 15 is 0 Å². The summed E-state index contributed by atoms with van der Waals surface area (Å²) in [7, 11) is 3.28. The van der Waals surface area contributed by atoms with E-state index in [0.717, 1.165) is 61.1 Å². The van der Waals surface area contributed by atoms with Crippen molar-refractivity contribution in [3.05, 3.63) is 58.0 Å². The van der Waals surface area contributed by atoms with Gasteiger partial charge in [0.05, 0.1) is 19.9 Å². The second kappa shape index (κ2) is 9.83. The molecule has 37 heavy (non-hydrogen) atoms. The highest BCUT2D eigenvalue weighted by Gasteiger charge is 2.31.